The highest BCUT2D eigenvalue weighted by atomic mass is 16.1. The molecule has 0 bridgehead atoms. The molecule has 0 amide bonds. The topological polar surface area (TPSA) is 122 Å². The predicted octanol–water partition coefficient (Wildman–Crippen LogP) is 3.11. The molecule has 1 aromatic carbocycles. The van der Waals surface area contributed by atoms with E-state index in [2.05, 4.69) is 30.8 Å². The molecule has 0 saturated heterocycles. The van der Waals surface area contributed by atoms with E-state index in [9.17, 15) is 4.79 Å². The van der Waals surface area contributed by atoms with Crippen molar-refractivity contribution in [1.82, 2.24) is 20.2 Å². The van der Waals surface area contributed by atoms with Gasteiger partial charge in [-0.2, -0.15) is 10.1 Å². The first-order valence-electron chi connectivity index (χ1n) is 9.53. The van der Waals surface area contributed by atoms with Crippen molar-refractivity contribution in [3.8, 4) is 0 Å². The third kappa shape index (κ3) is 4.98. The molecule has 5 N–H and O–H groups in total. The lowest BCUT2D eigenvalue weighted by molar-refractivity contribution is -0.113. The van der Waals surface area contributed by atoms with Gasteiger partial charge in [0.15, 0.2) is 11.6 Å². The number of hydrogen-bond acceptors (Lipinski definition) is 7. The van der Waals surface area contributed by atoms with E-state index >= 15 is 0 Å². The molecule has 2 aromatic heterocycles. The number of nitrogens with two attached hydrogens (primary N) is 1. The fraction of sp³-hybridized carbons (Fsp3) is 0.238. The van der Waals surface area contributed by atoms with E-state index in [1.54, 1.807) is 12.3 Å². The van der Waals surface area contributed by atoms with Gasteiger partial charge in [0, 0.05) is 35.6 Å². The molecule has 8 heteroatoms. The minimum atomic E-state index is -0.161. The Hall–Kier alpha value is -3.68. The lowest BCUT2D eigenvalue weighted by Crippen LogP contribution is -2.15. The van der Waals surface area contributed by atoms with Gasteiger partial charge in [-0.05, 0) is 31.4 Å². The minimum Gasteiger partial charge on any atom is -0.398 e. The Balaban J connectivity index is 1.34. The second kappa shape index (κ2) is 8.14. The normalized spacial score (nSPS) is 13.9. The van der Waals surface area contributed by atoms with Crippen LogP contribution in [0.5, 0.6) is 0 Å². The number of aromatic amines is 1. The quantitative estimate of drug-likeness (QED) is 0.437. The van der Waals surface area contributed by atoms with Crippen molar-refractivity contribution in [3.63, 3.8) is 0 Å². The summed E-state index contributed by atoms with van der Waals surface area (Å²) in [6.45, 7) is 2.05. The number of hydrogen-bond donors (Lipinski definition) is 4. The Morgan fingerprint density at radius 3 is 2.79 bits per heavy atom. The van der Waals surface area contributed by atoms with Crippen molar-refractivity contribution in [2.75, 3.05) is 17.2 Å². The number of ketones is 1. The van der Waals surface area contributed by atoms with Gasteiger partial charge >= 0.3 is 0 Å². The summed E-state index contributed by atoms with van der Waals surface area (Å²) in [6, 6.07) is 11.4. The number of nitrogens with one attached hydrogen (secondary N) is 3. The third-order valence-electron chi connectivity index (χ3n) is 4.65. The summed E-state index contributed by atoms with van der Waals surface area (Å²) in [6.07, 6.45) is 5.45. The molecule has 0 atom stereocenters. The van der Waals surface area contributed by atoms with Gasteiger partial charge in [-0.25, -0.2) is 4.98 Å². The van der Waals surface area contributed by atoms with Gasteiger partial charge in [0.25, 0.3) is 0 Å². The van der Waals surface area contributed by atoms with E-state index in [-0.39, 0.29) is 12.3 Å². The molecule has 1 saturated carbocycles. The highest BCUT2D eigenvalue weighted by molar-refractivity contribution is 5.98. The first-order chi connectivity index (χ1) is 14.1. The predicted molar refractivity (Wildman–Crippen MR) is 113 cm³/mol. The highest BCUT2D eigenvalue weighted by Gasteiger charge is 2.25. The number of H-pyrrole nitrogens is 1. The maximum atomic E-state index is 12.2. The van der Waals surface area contributed by atoms with Crippen LogP contribution in [0.4, 0.5) is 17.6 Å². The number of benzene rings is 1. The SMILES string of the molecule is Cc1ccc(C(N)=CC(=O)CNc2nccc(Nc3cc(C4CC4)[nH]n3)n2)cc1. The van der Waals surface area contributed by atoms with Crippen LogP contribution in [0, 0.1) is 6.92 Å². The Morgan fingerprint density at radius 1 is 1.24 bits per heavy atom. The molecule has 148 valence electrons. The lowest BCUT2D eigenvalue weighted by atomic mass is 10.1. The third-order valence-corrected chi connectivity index (χ3v) is 4.65. The minimum absolute atomic E-state index is 0.0459. The summed E-state index contributed by atoms with van der Waals surface area (Å²) >= 11 is 0. The van der Waals surface area contributed by atoms with E-state index in [1.165, 1.54) is 18.9 Å². The van der Waals surface area contributed by atoms with Crippen LogP contribution in [0.25, 0.3) is 5.70 Å². The van der Waals surface area contributed by atoms with Crippen LogP contribution in [0.3, 0.4) is 0 Å². The van der Waals surface area contributed by atoms with Gasteiger partial charge < -0.3 is 16.4 Å². The average Bonchev–Trinajstić information content (AvgIpc) is 3.46. The molecule has 3 aromatic rings. The van der Waals surface area contributed by atoms with Gasteiger partial charge in [-0.15, -0.1) is 0 Å². The molecule has 1 aliphatic rings. The lowest BCUT2D eigenvalue weighted by Gasteiger charge is -2.06. The van der Waals surface area contributed by atoms with Gasteiger partial charge in [0.1, 0.15) is 5.82 Å². The summed E-state index contributed by atoms with van der Waals surface area (Å²) in [5, 5.41) is 13.4. The first-order valence-corrected chi connectivity index (χ1v) is 9.53. The molecule has 8 nitrogen and oxygen atoms in total. The van der Waals surface area contributed by atoms with Crippen molar-refractivity contribution < 1.29 is 4.79 Å². The molecular weight excluding hydrogens is 366 g/mol. The summed E-state index contributed by atoms with van der Waals surface area (Å²) < 4.78 is 0. The number of carbonyl (C=O) groups excluding carboxylic acids is 1. The molecule has 0 aliphatic heterocycles. The molecule has 0 radical (unpaired) electrons. The second-order valence-corrected chi connectivity index (χ2v) is 7.16. The maximum absolute atomic E-state index is 12.2. The van der Waals surface area contributed by atoms with Gasteiger partial charge in [-0.3, -0.25) is 9.89 Å². The van der Waals surface area contributed by atoms with Crippen LogP contribution in [0.2, 0.25) is 0 Å². The van der Waals surface area contributed by atoms with Crippen molar-refractivity contribution in [3.05, 3.63) is 65.5 Å². The van der Waals surface area contributed by atoms with E-state index in [0.29, 0.717) is 29.2 Å². The number of nitrogens with zero attached hydrogens (tertiary/aromatic N) is 3. The first kappa shape index (κ1) is 18.7. The fourth-order valence-electron chi connectivity index (χ4n) is 2.87. The summed E-state index contributed by atoms with van der Waals surface area (Å²) in [4.78, 5) is 20.7. The van der Waals surface area contributed by atoms with Crippen molar-refractivity contribution >= 4 is 29.1 Å². The number of aryl methyl sites for hydroxylation is 1. The molecule has 0 spiro atoms. The Labute approximate surface area is 168 Å². The van der Waals surface area contributed by atoms with E-state index in [0.717, 1.165) is 16.8 Å². The largest absolute Gasteiger partial charge is 0.398 e. The van der Waals surface area contributed by atoms with Gasteiger partial charge in [0.2, 0.25) is 5.95 Å². The molecule has 4 rings (SSSR count). The van der Waals surface area contributed by atoms with E-state index in [1.807, 2.05) is 37.3 Å². The van der Waals surface area contributed by atoms with Crippen LogP contribution < -0.4 is 16.4 Å². The van der Waals surface area contributed by atoms with Crippen molar-refractivity contribution in [2.24, 2.45) is 5.73 Å². The zero-order valence-corrected chi connectivity index (χ0v) is 16.1. The standard InChI is InChI=1S/C21H23N7O/c1-13-2-4-14(5-3-13)17(22)10-16(29)12-24-21-23-9-8-19(26-21)25-20-11-18(27-28-20)15-6-7-15/h2-5,8-11,15H,6-7,12,22H2,1H3,(H3,23,24,25,26,27,28). The Bertz CT molecular complexity index is 1040. The van der Waals surface area contributed by atoms with Crippen LogP contribution >= 0.6 is 0 Å². The monoisotopic (exact) mass is 389 g/mol. The molecule has 2 heterocycles. The molecular formula is C21H23N7O. The van der Waals surface area contributed by atoms with E-state index in [4.69, 9.17) is 5.73 Å². The summed E-state index contributed by atoms with van der Waals surface area (Å²) in [5.74, 6) is 2.10. The number of rotatable bonds is 8. The van der Waals surface area contributed by atoms with Crippen molar-refractivity contribution in [2.45, 2.75) is 25.7 Å². The molecule has 1 aliphatic carbocycles. The van der Waals surface area contributed by atoms with Crippen molar-refractivity contribution in [1.29, 1.82) is 0 Å². The van der Waals surface area contributed by atoms with Gasteiger partial charge in [0.05, 0.1) is 6.54 Å². The summed E-state index contributed by atoms with van der Waals surface area (Å²) in [5.41, 5.74) is 9.54. The molecule has 0 unspecified atom stereocenters. The summed E-state index contributed by atoms with van der Waals surface area (Å²) in [7, 11) is 0. The zero-order valence-electron chi connectivity index (χ0n) is 16.1. The molecule has 1 fully saturated rings. The Kier molecular flexibility index (Phi) is 5.24. The number of aromatic nitrogens is 4. The fourth-order valence-corrected chi connectivity index (χ4v) is 2.87. The zero-order chi connectivity index (χ0) is 20.2. The Morgan fingerprint density at radius 2 is 2.03 bits per heavy atom. The number of carbonyl (C=O) groups is 1. The van der Waals surface area contributed by atoms with E-state index < -0.39 is 0 Å². The maximum Gasteiger partial charge on any atom is 0.224 e. The average molecular weight is 389 g/mol. The highest BCUT2D eigenvalue weighted by Crippen LogP contribution is 2.39. The molecule has 29 heavy (non-hydrogen) atoms. The number of anilines is 3. The van der Waals surface area contributed by atoms with Crippen LogP contribution in [-0.4, -0.2) is 32.5 Å². The van der Waals surface area contributed by atoms with Crippen LogP contribution in [0.1, 0.15) is 35.6 Å². The van der Waals surface area contributed by atoms with Gasteiger partial charge in [-0.1, -0.05) is 29.8 Å². The van der Waals surface area contributed by atoms with Crippen LogP contribution in [-0.2, 0) is 4.79 Å². The van der Waals surface area contributed by atoms with Crippen LogP contribution in [0.15, 0.2) is 48.7 Å². The smallest absolute Gasteiger partial charge is 0.224 e. The second-order valence-electron chi connectivity index (χ2n) is 7.16.